The molecule has 6 heterocycles. The van der Waals surface area contributed by atoms with Gasteiger partial charge in [0, 0.05) is 52.2 Å². The van der Waals surface area contributed by atoms with Gasteiger partial charge in [0.05, 0.1) is 25.0 Å². The van der Waals surface area contributed by atoms with Crippen molar-refractivity contribution >= 4 is 60.5 Å². The number of pyridine rings is 2. The Morgan fingerprint density at radius 2 is 1.20 bits per heavy atom. The van der Waals surface area contributed by atoms with Gasteiger partial charge in [-0.25, -0.2) is 19.9 Å². The molecule has 6 aromatic heterocycles. The summed E-state index contributed by atoms with van der Waals surface area (Å²) in [5.74, 6) is 3.75. The average Bonchev–Trinajstić information content (AvgIpc) is 3.76. The number of fused-ring (bicyclic) bond motifs is 6. The summed E-state index contributed by atoms with van der Waals surface area (Å²) in [5, 5.41) is 6.42. The number of hydrogen-bond donors (Lipinski definition) is 1. The SMILES string of the molecule is COc1ccc(CNc2nc(-c3ccncc3)nc3sc4c(c23)CCCC4)cc1OC.Clc1nc(-c2ccncc2)nc2sc3c(c12)CCCC3. The highest BCUT2D eigenvalue weighted by molar-refractivity contribution is 7.19. The third kappa shape index (κ3) is 6.85. The Bertz CT molecular complexity index is 2330. The van der Waals surface area contributed by atoms with Crippen molar-refractivity contribution in [2.45, 2.75) is 57.9 Å². The Morgan fingerprint density at radius 1 is 0.647 bits per heavy atom. The molecule has 0 spiro atoms. The summed E-state index contributed by atoms with van der Waals surface area (Å²) in [6, 6.07) is 13.7. The zero-order valence-corrected chi connectivity index (χ0v) is 30.8. The lowest BCUT2D eigenvalue weighted by molar-refractivity contribution is 0.354. The number of ether oxygens (including phenoxy) is 2. The van der Waals surface area contributed by atoms with E-state index >= 15 is 0 Å². The van der Waals surface area contributed by atoms with Crippen molar-refractivity contribution in [2.75, 3.05) is 19.5 Å². The van der Waals surface area contributed by atoms with Crippen LogP contribution in [-0.4, -0.2) is 44.1 Å². The van der Waals surface area contributed by atoms with Crippen LogP contribution in [0.15, 0.2) is 67.3 Å². The smallest absolute Gasteiger partial charge is 0.163 e. The fourth-order valence-corrected chi connectivity index (χ4v) is 9.70. The Hall–Kier alpha value is -4.71. The molecule has 0 fully saturated rings. The van der Waals surface area contributed by atoms with Crippen molar-refractivity contribution < 1.29 is 9.47 Å². The zero-order valence-electron chi connectivity index (χ0n) is 28.4. The van der Waals surface area contributed by atoms with E-state index in [4.69, 9.17) is 36.0 Å². The van der Waals surface area contributed by atoms with Gasteiger partial charge in [-0.3, -0.25) is 9.97 Å². The minimum absolute atomic E-state index is 0.584. The highest BCUT2D eigenvalue weighted by Gasteiger charge is 2.23. The molecule has 0 bridgehead atoms. The lowest BCUT2D eigenvalue weighted by Gasteiger charge is -2.14. The van der Waals surface area contributed by atoms with E-state index in [9.17, 15) is 0 Å². The number of anilines is 1. The Balaban J connectivity index is 0.000000161. The van der Waals surface area contributed by atoms with Crippen LogP contribution >= 0.6 is 34.3 Å². The predicted octanol–water partition coefficient (Wildman–Crippen LogP) is 9.55. The molecule has 2 aliphatic carbocycles. The molecule has 51 heavy (non-hydrogen) atoms. The van der Waals surface area contributed by atoms with E-state index in [0.717, 1.165) is 80.6 Å². The van der Waals surface area contributed by atoms with Crippen LogP contribution in [0.25, 0.3) is 43.2 Å². The molecule has 0 unspecified atom stereocenters. The zero-order chi connectivity index (χ0) is 34.7. The van der Waals surface area contributed by atoms with Gasteiger partial charge in [0.15, 0.2) is 23.1 Å². The molecule has 9 rings (SSSR count). The van der Waals surface area contributed by atoms with Gasteiger partial charge < -0.3 is 14.8 Å². The Morgan fingerprint density at radius 3 is 1.80 bits per heavy atom. The second kappa shape index (κ2) is 14.9. The average molecular weight is 734 g/mol. The number of aromatic nitrogens is 6. The van der Waals surface area contributed by atoms with Gasteiger partial charge >= 0.3 is 0 Å². The maximum Gasteiger partial charge on any atom is 0.163 e. The second-order valence-electron chi connectivity index (χ2n) is 12.5. The standard InChI is InChI=1S/C24H24N4O2S.C15H12ClN3S/c1-29-18-8-7-15(13-19(18)30-2)14-26-23-21-17-5-3-4-6-20(17)31-24(21)28-22(27-23)16-9-11-25-12-10-16;16-13-12-10-3-1-2-4-11(10)20-15(12)19-14(18-13)9-5-7-17-8-6-9/h7-13H,3-6,14H2,1-2H3,(H,26,27,28);5-8H,1-4H2. The molecule has 0 aliphatic heterocycles. The summed E-state index contributed by atoms with van der Waals surface area (Å²) in [7, 11) is 3.30. The van der Waals surface area contributed by atoms with Crippen LogP contribution in [0.4, 0.5) is 5.82 Å². The molecule has 0 amide bonds. The van der Waals surface area contributed by atoms with Crippen molar-refractivity contribution in [3.63, 3.8) is 0 Å². The van der Waals surface area contributed by atoms with Crippen LogP contribution < -0.4 is 14.8 Å². The highest BCUT2D eigenvalue weighted by Crippen LogP contribution is 2.41. The molecular formula is C39H36ClN7O2S2. The van der Waals surface area contributed by atoms with Gasteiger partial charge in [0.1, 0.15) is 20.6 Å². The normalized spacial score (nSPS) is 13.6. The van der Waals surface area contributed by atoms with E-state index in [0.29, 0.717) is 17.5 Å². The first kappa shape index (κ1) is 33.4. The molecule has 0 saturated carbocycles. The number of aryl methyl sites for hydroxylation is 4. The van der Waals surface area contributed by atoms with Crippen molar-refractivity contribution in [1.82, 2.24) is 29.9 Å². The van der Waals surface area contributed by atoms with Crippen molar-refractivity contribution in [3.8, 4) is 34.3 Å². The number of thiophene rings is 2. The highest BCUT2D eigenvalue weighted by atomic mass is 35.5. The minimum Gasteiger partial charge on any atom is -0.493 e. The largest absolute Gasteiger partial charge is 0.493 e. The topological polar surface area (TPSA) is 108 Å². The fraction of sp³-hybridized carbons (Fsp3) is 0.282. The summed E-state index contributed by atoms with van der Waals surface area (Å²) in [6.07, 6.45) is 16.5. The molecule has 1 N–H and O–H groups in total. The van der Waals surface area contributed by atoms with Crippen LogP contribution in [-0.2, 0) is 32.2 Å². The van der Waals surface area contributed by atoms with Gasteiger partial charge in [-0.05, 0) is 104 Å². The molecule has 12 heteroatoms. The molecule has 1 aromatic carbocycles. The molecule has 0 radical (unpaired) electrons. The number of halogens is 1. The van der Waals surface area contributed by atoms with Crippen LogP contribution in [0.2, 0.25) is 5.15 Å². The maximum absolute atomic E-state index is 6.43. The number of hydrogen-bond acceptors (Lipinski definition) is 11. The van der Waals surface area contributed by atoms with Crippen LogP contribution in [0.5, 0.6) is 11.5 Å². The summed E-state index contributed by atoms with van der Waals surface area (Å²) >= 11 is 10.0. The van der Waals surface area contributed by atoms with Gasteiger partial charge in [-0.15, -0.1) is 22.7 Å². The van der Waals surface area contributed by atoms with E-state index in [-0.39, 0.29) is 0 Å². The lowest BCUT2D eigenvalue weighted by atomic mass is 9.97. The summed E-state index contributed by atoms with van der Waals surface area (Å²) in [6.45, 7) is 0.632. The van der Waals surface area contributed by atoms with Crippen molar-refractivity contribution in [3.05, 3.63) is 98.8 Å². The lowest BCUT2D eigenvalue weighted by Crippen LogP contribution is -2.06. The minimum atomic E-state index is 0.584. The van der Waals surface area contributed by atoms with E-state index < -0.39 is 0 Å². The van der Waals surface area contributed by atoms with E-state index in [2.05, 4.69) is 20.3 Å². The Kier molecular flexibility index (Phi) is 9.75. The maximum atomic E-state index is 6.43. The van der Waals surface area contributed by atoms with Gasteiger partial charge in [-0.2, -0.15) is 0 Å². The number of methoxy groups -OCH3 is 2. The summed E-state index contributed by atoms with van der Waals surface area (Å²) in [4.78, 5) is 32.2. The quantitative estimate of drug-likeness (QED) is 0.160. The van der Waals surface area contributed by atoms with Crippen molar-refractivity contribution in [1.29, 1.82) is 0 Å². The molecular weight excluding hydrogens is 698 g/mol. The third-order valence-electron chi connectivity index (χ3n) is 9.37. The predicted molar refractivity (Wildman–Crippen MR) is 206 cm³/mol. The van der Waals surface area contributed by atoms with Crippen LogP contribution in [0, 0.1) is 0 Å². The van der Waals surface area contributed by atoms with E-state index in [1.165, 1.54) is 52.0 Å². The molecule has 9 nitrogen and oxygen atoms in total. The Labute approximate surface area is 309 Å². The molecule has 7 aromatic rings. The number of nitrogens with zero attached hydrogens (tertiary/aromatic N) is 6. The molecule has 2 aliphatic rings. The fourth-order valence-electron chi connectivity index (χ4n) is 6.83. The van der Waals surface area contributed by atoms with Gasteiger partial charge in [0.2, 0.25) is 0 Å². The summed E-state index contributed by atoms with van der Waals surface area (Å²) in [5.41, 5.74) is 5.82. The van der Waals surface area contributed by atoms with E-state index in [1.807, 2.05) is 53.8 Å². The van der Waals surface area contributed by atoms with Crippen LogP contribution in [0.1, 0.15) is 52.1 Å². The number of benzene rings is 1. The van der Waals surface area contributed by atoms with Crippen molar-refractivity contribution in [2.24, 2.45) is 0 Å². The van der Waals surface area contributed by atoms with Gasteiger partial charge in [0.25, 0.3) is 0 Å². The summed E-state index contributed by atoms with van der Waals surface area (Å²) < 4.78 is 10.8. The number of nitrogens with one attached hydrogen (secondary N) is 1. The third-order valence-corrected chi connectivity index (χ3v) is 12.0. The second-order valence-corrected chi connectivity index (χ2v) is 15.1. The molecule has 258 valence electrons. The first-order valence-electron chi connectivity index (χ1n) is 17.1. The molecule has 0 atom stereocenters. The monoisotopic (exact) mass is 733 g/mol. The number of rotatable bonds is 7. The van der Waals surface area contributed by atoms with Gasteiger partial charge in [-0.1, -0.05) is 17.7 Å². The first-order chi connectivity index (χ1) is 25.1. The van der Waals surface area contributed by atoms with Crippen LogP contribution in [0.3, 0.4) is 0 Å². The first-order valence-corrected chi connectivity index (χ1v) is 19.2. The molecule has 0 saturated heterocycles. The van der Waals surface area contributed by atoms with E-state index in [1.54, 1.807) is 50.3 Å².